The molecule has 2 rings (SSSR count). The fourth-order valence-electron chi connectivity index (χ4n) is 4.81. The third kappa shape index (κ3) is 4.67. The number of hydrogen-bond donors (Lipinski definition) is 0. The lowest BCUT2D eigenvalue weighted by Crippen LogP contribution is -2.46. The SMILES string of the molecule is CC1CC(=CCCCCCN2C(C)C(C)N(C)C2C)C(C)N(C)C1C. The number of allylic oxidation sites excluding steroid dienone is 1. The minimum Gasteiger partial charge on any atom is -0.297 e. The maximum atomic E-state index is 2.68. The van der Waals surface area contributed by atoms with E-state index in [0.717, 1.165) is 5.92 Å². The molecule has 6 unspecified atom stereocenters. The predicted octanol–water partition coefficient (Wildman–Crippen LogP) is 4.59. The zero-order chi connectivity index (χ0) is 18.7. The Balaban J connectivity index is 1.70. The van der Waals surface area contributed by atoms with Gasteiger partial charge < -0.3 is 0 Å². The highest BCUT2D eigenvalue weighted by Gasteiger charge is 2.37. The standard InChI is InChI=1S/C22H43N3/c1-16-15-22(20(5)23(7)17(16)2)13-11-9-10-12-14-25-19(4)18(3)24(8)21(25)6/h13,16-21H,9-12,14-15H2,1-8H3. The summed E-state index contributed by atoms with van der Waals surface area (Å²) in [4.78, 5) is 7.75. The Labute approximate surface area is 157 Å². The first-order valence-corrected chi connectivity index (χ1v) is 10.6. The van der Waals surface area contributed by atoms with Crippen LogP contribution >= 0.6 is 0 Å². The molecule has 0 spiro atoms. The van der Waals surface area contributed by atoms with E-state index in [9.17, 15) is 0 Å². The average Bonchev–Trinajstić information content (AvgIpc) is 2.77. The van der Waals surface area contributed by atoms with Gasteiger partial charge in [0, 0.05) is 24.2 Å². The van der Waals surface area contributed by atoms with E-state index in [0.29, 0.717) is 30.3 Å². The summed E-state index contributed by atoms with van der Waals surface area (Å²) in [5.74, 6) is 0.782. The number of hydrogen-bond acceptors (Lipinski definition) is 3. The van der Waals surface area contributed by atoms with Crippen LogP contribution in [0.1, 0.15) is 73.6 Å². The summed E-state index contributed by atoms with van der Waals surface area (Å²) >= 11 is 0. The molecule has 0 N–H and O–H groups in total. The van der Waals surface area contributed by atoms with Gasteiger partial charge in [0.15, 0.2) is 0 Å². The van der Waals surface area contributed by atoms with Crippen LogP contribution in [-0.4, -0.2) is 65.7 Å². The van der Waals surface area contributed by atoms with Crippen molar-refractivity contribution in [2.24, 2.45) is 5.92 Å². The molecule has 3 heteroatoms. The summed E-state index contributed by atoms with van der Waals surface area (Å²) in [5, 5.41) is 0. The Kier molecular flexibility index (Phi) is 7.54. The van der Waals surface area contributed by atoms with Gasteiger partial charge in [-0.1, -0.05) is 25.0 Å². The first-order valence-electron chi connectivity index (χ1n) is 10.6. The first-order chi connectivity index (χ1) is 11.8. The van der Waals surface area contributed by atoms with E-state index in [1.165, 1.54) is 38.6 Å². The molecule has 25 heavy (non-hydrogen) atoms. The highest BCUT2D eigenvalue weighted by atomic mass is 15.4. The molecule has 2 aliphatic heterocycles. The third-order valence-electron chi connectivity index (χ3n) is 7.63. The van der Waals surface area contributed by atoms with Crippen molar-refractivity contribution in [3.63, 3.8) is 0 Å². The number of likely N-dealkylation sites (N-methyl/N-ethyl adjacent to an activating group) is 2. The van der Waals surface area contributed by atoms with Gasteiger partial charge in [0.1, 0.15) is 0 Å². The smallest absolute Gasteiger partial charge is 0.0596 e. The van der Waals surface area contributed by atoms with E-state index in [-0.39, 0.29) is 0 Å². The molecule has 0 aliphatic carbocycles. The van der Waals surface area contributed by atoms with Gasteiger partial charge in [0.25, 0.3) is 0 Å². The lowest BCUT2D eigenvalue weighted by molar-refractivity contribution is 0.132. The van der Waals surface area contributed by atoms with Gasteiger partial charge >= 0.3 is 0 Å². The van der Waals surface area contributed by atoms with Crippen LogP contribution in [0, 0.1) is 5.92 Å². The molecule has 0 amide bonds. The second-order valence-electron chi connectivity index (χ2n) is 8.91. The predicted molar refractivity (Wildman–Crippen MR) is 110 cm³/mol. The van der Waals surface area contributed by atoms with Crippen molar-refractivity contribution < 1.29 is 0 Å². The molecule has 2 fully saturated rings. The van der Waals surface area contributed by atoms with E-state index in [1.54, 1.807) is 5.57 Å². The van der Waals surface area contributed by atoms with Crippen LogP contribution in [0.4, 0.5) is 0 Å². The van der Waals surface area contributed by atoms with Gasteiger partial charge in [0.05, 0.1) is 6.17 Å². The summed E-state index contributed by atoms with van der Waals surface area (Å²) in [7, 11) is 4.55. The van der Waals surface area contributed by atoms with Crippen LogP contribution in [0.25, 0.3) is 0 Å². The van der Waals surface area contributed by atoms with Crippen LogP contribution in [0.2, 0.25) is 0 Å². The van der Waals surface area contributed by atoms with Crippen molar-refractivity contribution in [1.82, 2.24) is 14.7 Å². The van der Waals surface area contributed by atoms with E-state index in [2.05, 4.69) is 76.4 Å². The first kappa shape index (κ1) is 20.9. The average molecular weight is 350 g/mol. The van der Waals surface area contributed by atoms with Crippen molar-refractivity contribution in [3.05, 3.63) is 11.6 Å². The van der Waals surface area contributed by atoms with Crippen molar-refractivity contribution in [3.8, 4) is 0 Å². The molecule has 3 nitrogen and oxygen atoms in total. The van der Waals surface area contributed by atoms with Gasteiger partial charge in [-0.15, -0.1) is 0 Å². The van der Waals surface area contributed by atoms with Gasteiger partial charge in [-0.25, -0.2) is 0 Å². The van der Waals surface area contributed by atoms with E-state index in [4.69, 9.17) is 0 Å². The molecule has 0 aromatic rings. The molecule has 0 aromatic carbocycles. The van der Waals surface area contributed by atoms with Crippen LogP contribution in [0.5, 0.6) is 0 Å². The summed E-state index contributed by atoms with van der Waals surface area (Å²) in [6, 6.07) is 2.68. The van der Waals surface area contributed by atoms with Crippen LogP contribution in [-0.2, 0) is 0 Å². The molecule has 2 saturated heterocycles. The maximum absolute atomic E-state index is 2.68. The molecule has 6 atom stereocenters. The number of piperidine rings is 1. The monoisotopic (exact) mass is 349 g/mol. The Morgan fingerprint density at radius 3 is 2.12 bits per heavy atom. The Morgan fingerprint density at radius 1 is 0.840 bits per heavy atom. The molecule has 0 aromatic heterocycles. The van der Waals surface area contributed by atoms with Gasteiger partial charge in [-0.05, 0) is 86.9 Å². The minimum atomic E-state index is 0.592. The van der Waals surface area contributed by atoms with E-state index < -0.39 is 0 Å². The molecule has 0 saturated carbocycles. The lowest BCUT2D eigenvalue weighted by Gasteiger charge is -2.42. The van der Waals surface area contributed by atoms with Crippen molar-refractivity contribution >= 4 is 0 Å². The zero-order valence-corrected chi connectivity index (χ0v) is 18.1. The van der Waals surface area contributed by atoms with Gasteiger partial charge in [0.2, 0.25) is 0 Å². The number of rotatable bonds is 6. The molecular formula is C22H43N3. The lowest BCUT2D eigenvalue weighted by atomic mass is 9.84. The van der Waals surface area contributed by atoms with Crippen LogP contribution in [0.3, 0.4) is 0 Å². The summed E-state index contributed by atoms with van der Waals surface area (Å²) in [6.07, 6.45) is 9.73. The quantitative estimate of drug-likeness (QED) is 0.513. The Bertz CT molecular complexity index is 433. The molecule has 146 valence electrons. The highest BCUT2D eigenvalue weighted by Crippen LogP contribution is 2.31. The van der Waals surface area contributed by atoms with E-state index in [1.807, 2.05) is 0 Å². The normalized spacial score (nSPS) is 40.2. The molecule has 2 heterocycles. The summed E-state index contributed by atoms with van der Waals surface area (Å²) in [6.45, 7) is 15.5. The third-order valence-corrected chi connectivity index (χ3v) is 7.63. The summed E-state index contributed by atoms with van der Waals surface area (Å²) in [5.41, 5.74) is 1.67. The van der Waals surface area contributed by atoms with E-state index >= 15 is 0 Å². The second-order valence-corrected chi connectivity index (χ2v) is 8.91. The largest absolute Gasteiger partial charge is 0.297 e. The highest BCUT2D eigenvalue weighted by molar-refractivity contribution is 5.14. The van der Waals surface area contributed by atoms with Gasteiger partial charge in [-0.2, -0.15) is 0 Å². The number of nitrogens with zero attached hydrogens (tertiary/aromatic N) is 3. The molecule has 0 bridgehead atoms. The van der Waals surface area contributed by atoms with Crippen molar-refractivity contribution in [1.29, 1.82) is 0 Å². The van der Waals surface area contributed by atoms with Crippen molar-refractivity contribution in [2.45, 2.75) is 104 Å². The Hall–Kier alpha value is -0.380. The van der Waals surface area contributed by atoms with Gasteiger partial charge in [-0.3, -0.25) is 14.7 Å². The van der Waals surface area contributed by atoms with Crippen molar-refractivity contribution in [2.75, 3.05) is 20.6 Å². The molecular weight excluding hydrogens is 306 g/mol. The zero-order valence-electron chi connectivity index (χ0n) is 18.1. The Morgan fingerprint density at radius 2 is 1.52 bits per heavy atom. The minimum absolute atomic E-state index is 0.592. The molecule has 0 radical (unpaired) electrons. The number of likely N-dealkylation sites (tertiary alicyclic amines) is 1. The topological polar surface area (TPSA) is 9.72 Å². The second kappa shape index (κ2) is 9.01. The van der Waals surface area contributed by atoms with Crippen LogP contribution in [0.15, 0.2) is 11.6 Å². The number of unbranched alkanes of at least 4 members (excludes halogenated alkanes) is 3. The fraction of sp³-hybridized carbons (Fsp3) is 0.909. The maximum Gasteiger partial charge on any atom is 0.0596 e. The molecule has 2 aliphatic rings. The summed E-state index contributed by atoms with van der Waals surface area (Å²) < 4.78 is 0. The van der Waals surface area contributed by atoms with Crippen LogP contribution < -0.4 is 0 Å². The fourth-order valence-corrected chi connectivity index (χ4v) is 4.81.